The van der Waals surface area contributed by atoms with Crippen molar-refractivity contribution in [3.8, 4) is 0 Å². The third kappa shape index (κ3) is 4.14. The SMILES string of the molecule is Fc1cccc(F)c1CCNCC(F)(F)F. The van der Waals surface area contributed by atoms with Gasteiger partial charge in [-0.1, -0.05) is 6.07 Å². The first kappa shape index (κ1) is 12.9. The van der Waals surface area contributed by atoms with Crippen molar-refractivity contribution in [1.29, 1.82) is 0 Å². The highest BCUT2D eigenvalue weighted by Crippen LogP contribution is 2.14. The molecule has 0 fully saturated rings. The van der Waals surface area contributed by atoms with Crippen molar-refractivity contribution >= 4 is 0 Å². The van der Waals surface area contributed by atoms with Crippen LogP contribution in [0.2, 0.25) is 0 Å². The Balaban J connectivity index is 2.43. The Hall–Kier alpha value is -1.17. The highest BCUT2D eigenvalue weighted by Gasteiger charge is 2.26. The summed E-state index contributed by atoms with van der Waals surface area (Å²) in [5, 5.41) is 2.07. The lowest BCUT2D eigenvalue weighted by atomic mass is 10.1. The lowest BCUT2D eigenvalue weighted by Gasteiger charge is -2.08. The molecule has 1 N–H and O–H groups in total. The molecule has 0 aliphatic carbocycles. The number of hydrogen-bond donors (Lipinski definition) is 1. The summed E-state index contributed by atoms with van der Waals surface area (Å²) in [6.07, 6.45) is -4.43. The molecule has 1 rings (SSSR count). The molecule has 16 heavy (non-hydrogen) atoms. The standard InChI is InChI=1S/C10H10F5N/c11-8-2-1-3-9(12)7(8)4-5-16-6-10(13,14)15/h1-3,16H,4-6H2. The molecule has 0 saturated heterocycles. The van der Waals surface area contributed by atoms with Gasteiger partial charge in [-0.2, -0.15) is 13.2 Å². The monoisotopic (exact) mass is 239 g/mol. The highest BCUT2D eigenvalue weighted by molar-refractivity contribution is 5.19. The first-order valence-electron chi connectivity index (χ1n) is 4.60. The quantitative estimate of drug-likeness (QED) is 0.629. The van der Waals surface area contributed by atoms with E-state index in [1.165, 1.54) is 6.07 Å². The molecule has 0 saturated carbocycles. The summed E-state index contributed by atoms with van der Waals surface area (Å²) < 4.78 is 61.2. The molecule has 6 heteroatoms. The van der Waals surface area contributed by atoms with Crippen molar-refractivity contribution in [3.05, 3.63) is 35.4 Å². The summed E-state index contributed by atoms with van der Waals surface area (Å²) in [7, 11) is 0. The van der Waals surface area contributed by atoms with Crippen LogP contribution in [0.25, 0.3) is 0 Å². The van der Waals surface area contributed by atoms with Crippen LogP contribution in [0.3, 0.4) is 0 Å². The van der Waals surface area contributed by atoms with Crippen molar-refractivity contribution in [2.45, 2.75) is 12.6 Å². The van der Waals surface area contributed by atoms with Crippen LogP contribution in [0.1, 0.15) is 5.56 Å². The van der Waals surface area contributed by atoms with Gasteiger partial charge in [0.2, 0.25) is 0 Å². The molecule has 90 valence electrons. The first-order chi connectivity index (χ1) is 7.40. The number of halogens is 5. The zero-order chi connectivity index (χ0) is 12.2. The molecule has 0 radical (unpaired) electrons. The number of benzene rings is 1. The van der Waals surface area contributed by atoms with Crippen LogP contribution < -0.4 is 5.32 Å². The Morgan fingerprint density at radius 1 is 1.06 bits per heavy atom. The molecule has 0 unspecified atom stereocenters. The second-order valence-corrected chi connectivity index (χ2v) is 3.24. The predicted octanol–water partition coefficient (Wildman–Crippen LogP) is 2.66. The summed E-state index contributed by atoms with van der Waals surface area (Å²) in [5.74, 6) is -1.48. The second-order valence-electron chi connectivity index (χ2n) is 3.24. The van der Waals surface area contributed by atoms with Gasteiger partial charge < -0.3 is 5.32 Å². The maximum atomic E-state index is 13.0. The number of alkyl halides is 3. The maximum Gasteiger partial charge on any atom is 0.401 e. The molecule has 0 spiro atoms. The predicted molar refractivity (Wildman–Crippen MR) is 49.0 cm³/mol. The Labute approximate surface area is 89.3 Å². The zero-order valence-corrected chi connectivity index (χ0v) is 8.24. The topological polar surface area (TPSA) is 12.0 Å². The van der Waals surface area contributed by atoms with E-state index in [1.807, 2.05) is 0 Å². The minimum Gasteiger partial charge on any atom is -0.308 e. The summed E-state index contributed by atoms with van der Waals surface area (Å²) in [6, 6.07) is 3.35. The summed E-state index contributed by atoms with van der Waals surface area (Å²) >= 11 is 0. The van der Waals surface area contributed by atoms with Gasteiger partial charge in [0.15, 0.2) is 0 Å². The molecular formula is C10H10F5N. The van der Waals surface area contributed by atoms with Gasteiger partial charge in [0, 0.05) is 5.56 Å². The van der Waals surface area contributed by atoms with Gasteiger partial charge in [0.05, 0.1) is 6.54 Å². The largest absolute Gasteiger partial charge is 0.401 e. The van der Waals surface area contributed by atoms with Crippen LogP contribution >= 0.6 is 0 Å². The van der Waals surface area contributed by atoms with Gasteiger partial charge in [0.25, 0.3) is 0 Å². The van der Waals surface area contributed by atoms with E-state index in [9.17, 15) is 22.0 Å². The molecule has 0 bridgehead atoms. The van der Waals surface area contributed by atoms with E-state index in [0.717, 1.165) is 12.1 Å². The summed E-state index contributed by atoms with van der Waals surface area (Å²) in [6.45, 7) is -1.29. The minimum atomic E-state index is -4.31. The molecule has 1 aromatic carbocycles. The van der Waals surface area contributed by atoms with Gasteiger partial charge in [0.1, 0.15) is 11.6 Å². The zero-order valence-electron chi connectivity index (χ0n) is 8.24. The summed E-state index contributed by atoms with van der Waals surface area (Å²) in [5.41, 5.74) is -0.197. The molecule has 0 aliphatic rings. The van der Waals surface area contributed by atoms with E-state index in [2.05, 4.69) is 5.32 Å². The molecule has 0 heterocycles. The third-order valence-corrected chi connectivity index (χ3v) is 1.94. The van der Waals surface area contributed by atoms with Gasteiger partial charge >= 0.3 is 6.18 Å². The van der Waals surface area contributed by atoms with Crippen LogP contribution in [-0.4, -0.2) is 19.3 Å². The highest BCUT2D eigenvalue weighted by atomic mass is 19.4. The number of hydrogen-bond acceptors (Lipinski definition) is 1. The lowest BCUT2D eigenvalue weighted by molar-refractivity contribution is -0.124. The Bertz CT molecular complexity index is 327. The van der Waals surface area contributed by atoms with Gasteiger partial charge in [-0.05, 0) is 25.1 Å². The fourth-order valence-corrected chi connectivity index (χ4v) is 1.21. The van der Waals surface area contributed by atoms with Crippen molar-refractivity contribution in [2.75, 3.05) is 13.1 Å². The van der Waals surface area contributed by atoms with Gasteiger partial charge in [-0.25, -0.2) is 8.78 Å². The van der Waals surface area contributed by atoms with Crippen LogP contribution in [0.5, 0.6) is 0 Å². The van der Waals surface area contributed by atoms with Crippen molar-refractivity contribution in [1.82, 2.24) is 5.32 Å². The van der Waals surface area contributed by atoms with Crippen LogP contribution in [0, 0.1) is 11.6 Å². The lowest BCUT2D eigenvalue weighted by Crippen LogP contribution is -2.30. The van der Waals surface area contributed by atoms with Crippen molar-refractivity contribution < 1.29 is 22.0 Å². The molecular weight excluding hydrogens is 229 g/mol. The van der Waals surface area contributed by atoms with Crippen LogP contribution in [-0.2, 0) is 6.42 Å². The smallest absolute Gasteiger partial charge is 0.308 e. The average Bonchev–Trinajstić information content (AvgIpc) is 2.14. The van der Waals surface area contributed by atoms with Crippen molar-refractivity contribution in [2.24, 2.45) is 0 Å². The molecule has 1 nitrogen and oxygen atoms in total. The Kier molecular flexibility index (Phi) is 4.23. The average molecular weight is 239 g/mol. The van der Waals surface area contributed by atoms with E-state index < -0.39 is 24.4 Å². The third-order valence-electron chi connectivity index (χ3n) is 1.94. The molecule has 1 aromatic rings. The molecule has 0 aromatic heterocycles. The number of rotatable bonds is 4. The van der Waals surface area contributed by atoms with E-state index >= 15 is 0 Å². The van der Waals surface area contributed by atoms with Crippen LogP contribution in [0.4, 0.5) is 22.0 Å². The Morgan fingerprint density at radius 2 is 1.62 bits per heavy atom. The van der Waals surface area contributed by atoms with E-state index in [0.29, 0.717) is 0 Å². The van der Waals surface area contributed by atoms with Gasteiger partial charge in [-0.15, -0.1) is 0 Å². The van der Waals surface area contributed by atoms with Crippen molar-refractivity contribution in [3.63, 3.8) is 0 Å². The van der Waals surface area contributed by atoms with E-state index in [-0.39, 0.29) is 18.5 Å². The van der Waals surface area contributed by atoms with E-state index in [1.54, 1.807) is 0 Å². The number of nitrogens with one attached hydrogen (secondary N) is 1. The second kappa shape index (κ2) is 5.25. The normalized spacial score (nSPS) is 11.8. The fourth-order valence-electron chi connectivity index (χ4n) is 1.21. The minimum absolute atomic E-state index is 0.116. The maximum absolute atomic E-state index is 13.0. The Morgan fingerprint density at radius 3 is 2.12 bits per heavy atom. The summed E-state index contributed by atoms with van der Waals surface area (Å²) in [4.78, 5) is 0. The van der Waals surface area contributed by atoms with Gasteiger partial charge in [-0.3, -0.25) is 0 Å². The molecule has 0 atom stereocenters. The van der Waals surface area contributed by atoms with E-state index in [4.69, 9.17) is 0 Å². The molecule has 0 amide bonds. The fraction of sp³-hybridized carbons (Fsp3) is 0.400. The molecule has 0 aliphatic heterocycles. The first-order valence-corrected chi connectivity index (χ1v) is 4.60. The van der Waals surface area contributed by atoms with Crippen LogP contribution in [0.15, 0.2) is 18.2 Å².